The Balaban J connectivity index is 2.32. The number of H-pyrrole nitrogens is 1. The Bertz CT molecular complexity index is 680. The molecule has 2 aromatic rings. The second-order valence-corrected chi connectivity index (χ2v) is 5.25. The number of fused-ring (bicyclic) bond motifs is 1. The Morgan fingerprint density at radius 1 is 1.23 bits per heavy atom. The van der Waals surface area contributed by atoms with Gasteiger partial charge in [0, 0.05) is 23.0 Å². The van der Waals surface area contributed by atoms with Crippen molar-refractivity contribution in [3.05, 3.63) is 35.5 Å². The third-order valence-electron chi connectivity index (χ3n) is 3.72. The fourth-order valence-corrected chi connectivity index (χ4v) is 2.86. The summed E-state index contributed by atoms with van der Waals surface area (Å²) in [6, 6.07) is 5.81. The summed E-state index contributed by atoms with van der Waals surface area (Å²) in [6.45, 7) is 0. The first kappa shape index (κ1) is 16.4. The number of nitrogens with one attached hydrogen (secondary N) is 1. The summed E-state index contributed by atoms with van der Waals surface area (Å²) < 4.78 is 9.44. The zero-order valence-electron chi connectivity index (χ0n) is 12.5. The van der Waals surface area contributed by atoms with Crippen molar-refractivity contribution in [1.29, 1.82) is 0 Å². The molecule has 1 N–H and O–H groups in total. The highest BCUT2D eigenvalue weighted by Gasteiger charge is 2.25. The van der Waals surface area contributed by atoms with Gasteiger partial charge in [0.05, 0.1) is 26.6 Å². The van der Waals surface area contributed by atoms with E-state index in [-0.39, 0.29) is 6.42 Å². The molecule has 22 heavy (non-hydrogen) atoms. The minimum Gasteiger partial charge on any atom is -0.469 e. The van der Waals surface area contributed by atoms with Crippen molar-refractivity contribution in [2.45, 2.75) is 18.7 Å². The minimum absolute atomic E-state index is 0.0178. The van der Waals surface area contributed by atoms with Gasteiger partial charge in [0.15, 0.2) is 0 Å². The van der Waals surface area contributed by atoms with Crippen molar-refractivity contribution < 1.29 is 19.1 Å². The van der Waals surface area contributed by atoms with Crippen LogP contribution in [-0.4, -0.2) is 31.1 Å². The number of esters is 2. The number of ether oxygens (including phenoxy) is 2. The average molecular weight is 324 g/mol. The smallest absolute Gasteiger partial charge is 0.309 e. The molecule has 0 bridgehead atoms. The van der Waals surface area contributed by atoms with E-state index in [9.17, 15) is 9.59 Å². The van der Waals surface area contributed by atoms with E-state index < -0.39 is 17.9 Å². The predicted octanol–water partition coefficient (Wildman–Crippen LogP) is 2.80. The van der Waals surface area contributed by atoms with Crippen LogP contribution < -0.4 is 0 Å². The second-order valence-electron chi connectivity index (χ2n) is 4.98. The molecule has 0 saturated carbocycles. The summed E-state index contributed by atoms with van der Waals surface area (Å²) in [5.74, 6) is -1.13. The first-order chi connectivity index (χ1) is 10.6. The third-order valence-corrected chi connectivity index (χ3v) is 3.99. The van der Waals surface area contributed by atoms with E-state index in [1.54, 1.807) is 0 Å². The molecule has 0 saturated heterocycles. The first-order valence-electron chi connectivity index (χ1n) is 6.89. The number of alkyl halides is 1. The number of carbonyl (C=O) groups excluding carboxylic acids is 2. The molecule has 1 atom stereocenters. The van der Waals surface area contributed by atoms with Crippen LogP contribution in [-0.2, 0) is 31.4 Å². The highest BCUT2D eigenvalue weighted by molar-refractivity contribution is 6.18. The quantitative estimate of drug-likeness (QED) is 0.655. The van der Waals surface area contributed by atoms with Gasteiger partial charge in [0.2, 0.25) is 0 Å². The SMILES string of the molecule is COC(=O)C[C@H](Cc1ccc2[nH]ccc2c1CCl)C(=O)OC. The van der Waals surface area contributed by atoms with Gasteiger partial charge in [-0.25, -0.2) is 0 Å². The van der Waals surface area contributed by atoms with Crippen molar-refractivity contribution in [3.8, 4) is 0 Å². The monoisotopic (exact) mass is 323 g/mol. The van der Waals surface area contributed by atoms with Gasteiger partial charge in [-0.05, 0) is 29.7 Å². The van der Waals surface area contributed by atoms with Gasteiger partial charge in [0.1, 0.15) is 0 Å². The van der Waals surface area contributed by atoms with Crippen LogP contribution in [0.25, 0.3) is 10.9 Å². The summed E-state index contributed by atoms with van der Waals surface area (Å²) >= 11 is 6.08. The van der Waals surface area contributed by atoms with Crippen LogP contribution in [0.5, 0.6) is 0 Å². The number of methoxy groups -OCH3 is 2. The Morgan fingerprint density at radius 3 is 2.64 bits per heavy atom. The summed E-state index contributed by atoms with van der Waals surface area (Å²) in [6.07, 6.45) is 2.21. The molecule has 2 rings (SSSR count). The van der Waals surface area contributed by atoms with E-state index in [4.69, 9.17) is 16.3 Å². The molecule has 0 spiro atoms. The van der Waals surface area contributed by atoms with E-state index in [2.05, 4.69) is 9.72 Å². The van der Waals surface area contributed by atoms with E-state index >= 15 is 0 Å². The Kier molecular flexibility index (Phi) is 5.44. The number of carbonyl (C=O) groups is 2. The normalized spacial score (nSPS) is 12.1. The van der Waals surface area contributed by atoms with E-state index in [0.717, 1.165) is 22.0 Å². The summed E-state index contributed by atoms with van der Waals surface area (Å²) in [7, 11) is 2.61. The number of benzene rings is 1. The average Bonchev–Trinajstić information content (AvgIpc) is 3.01. The topological polar surface area (TPSA) is 68.4 Å². The molecule has 1 aromatic carbocycles. The van der Waals surface area contributed by atoms with Crippen molar-refractivity contribution in [2.75, 3.05) is 14.2 Å². The molecule has 6 heteroatoms. The van der Waals surface area contributed by atoms with E-state index in [1.165, 1.54) is 14.2 Å². The van der Waals surface area contributed by atoms with Crippen molar-refractivity contribution in [3.63, 3.8) is 0 Å². The molecule has 5 nitrogen and oxygen atoms in total. The number of aromatic nitrogens is 1. The van der Waals surface area contributed by atoms with Crippen molar-refractivity contribution >= 4 is 34.4 Å². The van der Waals surface area contributed by atoms with Crippen LogP contribution in [0, 0.1) is 5.92 Å². The van der Waals surface area contributed by atoms with Crippen molar-refractivity contribution in [2.24, 2.45) is 5.92 Å². The second kappa shape index (κ2) is 7.31. The molecule has 0 aliphatic carbocycles. The van der Waals surface area contributed by atoms with Gasteiger partial charge in [-0.3, -0.25) is 9.59 Å². The maximum absolute atomic E-state index is 11.9. The summed E-state index contributed by atoms with van der Waals surface area (Å²) in [5, 5.41) is 1.02. The van der Waals surface area contributed by atoms with Gasteiger partial charge in [-0.2, -0.15) is 0 Å². The molecule has 0 fully saturated rings. The molecule has 0 radical (unpaired) electrons. The lowest BCUT2D eigenvalue weighted by Crippen LogP contribution is -2.23. The van der Waals surface area contributed by atoms with Crippen LogP contribution >= 0.6 is 11.6 Å². The Labute approximate surface area is 133 Å². The highest BCUT2D eigenvalue weighted by atomic mass is 35.5. The van der Waals surface area contributed by atoms with Crippen LogP contribution in [0.4, 0.5) is 0 Å². The first-order valence-corrected chi connectivity index (χ1v) is 7.42. The van der Waals surface area contributed by atoms with Crippen molar-refractivity contribution in [1.82, 2.24) is 4.98 Å². The molecule has 0 aliphatic rings. The Hall–Kier alpha value is -2.01. The maximum atomic E-state index is 11.9. The number of aromatic amines is 1. The molecule has 0 unspecified atom stereocenters. The zero-order valence-corrected chi connectivity index (χ0v) is 13.3. The summed E-state index contributed by atoms with van der Waals surface area (Å²) in [5.41, 5.74) is 2.88. The van der Waals surface area contributed by atoms with Gasteiger partial charge < -0.3 is 14.5 Å². The van der Waals surface area contributed by atoms with Gasteiger partial charge >= 0.3 is 11.9 Å². The predicted molar refractivity (Wildman–Crippen MR) is 83.7 cm³/mol. The molecular formula is C16H18ClNO4. The largest absolute Gasteiger partial charge is 0.469 e. The summed E-state index contributed by atoms with van der Waals surface area (Å²) in [4.78, 5) is 26.5. The van der Waals surface area contributed by atoms with Gasteiger partial charge in [0.25, 0.3) is 0 Å². The minimum atomic E-state index is -0.587. The molecule has 118 valence electrons. The molecule has 1 heterocycles. The maximum Gasteiger partial charge on any atom is 0.309 e. The standard InChI is InChI=1S/C16H18ClNO4/c1-21-15(19)8-11(16(20)22-2)7-10-3-4-14-12(5-6-18-14)13(10)9-17/h3-6,11,18H,7-9H2,1-2H3/t11-/m0/s1. The number of hydrogen-bond donors (Lipinski definition) is 1. The molecular weight excluding hydrogens is 306 g/mol. The lowest BCUT2D eigenvalue weighted by molar-refractivity contribution is -0.151. The fourth-order valence-electron chi connectivity index (χ4n) is 2.55. The zero-order chi connectivity index (χ0) is 16.1. The molecule has 0 amide bonds. The van der Waals surface area contributed by atoms with Crippen LogP contribution in [0.1, 0.15) is 17.5 Å². The van der Waals surface area contributed by atoms with Crippen LogP contribution in [0.2, 0.25) is 0 Å². The molecule has 0 aliphatic heterocycles. The number of rotatable bonds is 6. The number of halogens is 1. The molecule has 1 aromatic heterocycles. The van der Waals surface area contributed by atoms with Crippen LogP contribution in [0.15, 0.2) is 24.4 Å². The third kappa shape index (κ3) is 3.42. The lowest BCUT2D eigenvalue weighted by Gasteiger charge is -2.16. The lowest BCUT2D eigenvalue weighted by atomic mass is 9.92. The van der Waals surface area contributed by atoms with Gasteiger partial charge in [-0.15, -0.1) is 11.6 Å². The van der Waals surface area contributed by atoms with Crippen LogP contribution in [0.3, 0.4) is 0 Å². The number of hydrogen-bond acceptors (Lipinski definition) is 4. The Morgan fingerprint density at radius 2 is 2.00 bits per heavy atom. The van der Waals surface area contributed by atoms with Gasteiger partial charge in [-0.1, -0.05) is 6.07 Å². The van der Waals surface area contributed by atoms with E-state index in [1.807, 2.05) is 24.4 Å². The highest BCUT2D eigenvalue weighted by Crippen LogP contribution is 2.26. The van der Waals surface area contributed by atoms with E-state index in [0.29, 0.717) is 12.3 Å². The fraction of sp³-hybridized carbons (Fsp3) is 0.375.